The topological polar surface area (TPSA) is 138 Å². The van der Waals surface area contributed by atoms with Crippen LogP contribution in [0.15, 0.2) is 101 Å². The fraction of sp³-hybridized carbons (Fsp3) is 0.148. The molecule has 10 nitrogen and oxygen atoms in total. The van der Waals surface area contributed by atoms with Crippen LogP contribution < -0.4 is 10.0 Å². The smallest absolute Gasteiger partial charge is 0.264 e. The van der Waals surface area contributed by atoms with Gasteiger partial charge < -0.3 is 5.32 Å². The maximum atomic E-state index is 13.6. The van der Waals surface area contributed by atoms with E-state index in [9.17, 15) is 21.6 Å². The van der Waals surface area contributed by atoms with Gasteiger partial charge in [-0.25, -0.2) is 31.5 Å². The zero-order chi connectivity index (χ0) is 27.6. The molecule has 0 saturated carbocycles. The molecule has 12 heteroatoms. The van der Waals surface area contributed by atoms with Crippen molar-refractivity contribution in [2.24, 2.45) is 0 Å². The van der Waals surface area contributed by atoms with Gasteiger partial charge in [-0.2, -0.15) is 4.31 Å². The fourth-order valence-corrected chi connectivity index (χ4v) is 6.82. The Bertz CT molecular complexity index is 1710. The minimum atomic E-state index is -3.99. The number of aryl methyl sites for hydroxylation is 1. The van der Waals surface area contributed by atoms with Crippen molar-refractivity contribution in [1.29, 1.82) is 0 Å². The summed E-state index contributed by atoms with van der Waals surface area (Å²) < 4.78 is 56.1. The standard InChI is InChI=1S/C27H25N5O5S2/c1-19-7-11-24(12-8-19)39(36,37)32-18-21-6-3-2-5-20(21)17-25(32)26(33)30-22-9-13-23(14-10-22)38(34,35)31-27-28-15-4-16-29-27/h2-16,25H,17-18H2,1H3,(H,30,33)(H,28,29,31)/t25-/m0/s1. The van der Waals surface area contributed by atoms with Crippen molar-refractivity contribution in [2.75, 3.05) is 10.0 Å². The monoisotopic (exact) mass is 563 g/mol. The summed E-state index contributed by atoms with van der Waals surface area (Å²) in [6.07, 6.45) is 3.02. The number of nitrogens with one attached hydrogen (secondary N) is 2. The molecule has 200 valence electrons. The first-order valence-electron chi connectivity index (χ1n) is 12.0. The van der Waals surface area contributed by atoms with Crippen LogP contribution in [0, 0.1) is 6.92 Å². The van der Waals surface area contributed by atoms with Crippen molar-refractivity contribution in [3.8, 4) is 0 Å². The molecule has 3 aromatic carbocycles. The van der Waals surface area contributed by atoms with E-state index in [0.29, 0.717) is 5.69 Å². The van der Waals surface area contributed by atoms with Gasteiger partial charge in [0.2, 0.25) is 21.9 Å². The molecule has 5 rings (SSSR count). The number of hydrogen-bond donors (Lipinski definition) is 2. The molecule has 1 aromatic heterocycles. The van der Waals surface area contributed by atoms with Crippen LogP contribution in [-0.2, 0) is 37.8 Å². The summed E-state index contributed by atoms with van der Waals surface area (Å²) in [4.78, 5) is 21.2. The molecule has 1 aliphatic heterocycles. The molecule has 0 radical (unpaired) electrons. The number of carbonyl (C=O) groups is 1. The lowest BCUT2D eigenvalue weighted by Crippen LogP contribution is -2.50. The molecule has 1 aliphatic rings. The molecule has 0 saturated heterocycles. The first-order chi connectivity index (χ1) is 18.6. The van der Waals surface area contributed by atoms with Crippen LogP contribution in [0.4, 0.5) is 11.6 Å². The van der Waals surface area contributed by atoms with E-state index in [1.165, 1.54) is 53.1 Å². The maximum Gasteiger partial charge on any atom is 0.264 e. The lowest BCUT2D eigenvalue weighted by Gasteiger charge is -2.35. The van der Waals surface area contributed by atoms with E-state index < -0.39 is 32.0 Å². The highest BCUT2D eigenvalue weighted by Crippen LogP contribution is 2.30. The lowest BCUT2D eigenvalue weighted by molar-refractivity contribution is -0.120. The number of rotatable bonds is 7. The Morgan fingerprint density at radius 2 is 1.44 bits per heavy atom. The Balaban J connectivity index is 1.39. The summed E-state index contributed by atoms with van der Waals surface area (Å²) in [6.45, 7) is 1.92. The Morgan fingerprint density at radius 1 is 0.821 bits per heavy atom. The highest BCUT2D eigenvalue weighted by molar-refractivity contribution is 7.92. The van der Waals surface area contributed by atoms with Crippen molar-refractivity contribution < 1.29 is 21.6 Å². The molecule has 1 amide bonds. The molecule has 0 fully saturated rings. The van der Waals surface area contributed by atoms with Crippen molar-refractivity contribution >= 4 is 37.6 Å². The summed E-state index contributed by atoms with van der Waals surface area (Å²) in [7, 11) is -7.94. The number of carbonyl (C=O) groups excluding carboxylic acids is 1. The number of anilines is 2. The summed E-state index contributed by atoms with van der Waals surface area (Å²) in [5.41, 5.74) is 2.97. The number of benzene rings is 3. The van der Waals surface area contributed by atoms with Crippen molar-refractivity contribution in [3.05, 3.63) is 108 Å². The fourth-order valence-electron chi connectivity index (χ4n) is 4.29. The van der Waals surface area contributed by atoms with E-state index in [4.69, 9.17) is 0 Å². The van der Waals surface area contributed by atoms with Gasteiger partial charge in [0.1, 0.15) is 6.04 Å². The van der Waals surface area contributed by atoms with Crippen LogP contribution in [0.5, 0.6) is 0 Å². The van der Waals surface area contributed by atoms with Crippen LogP contribution in [0.25, 0.3) is 0 Å². The molecular formula is C27H25N5O5S2. The molecule has 2 N–H and O–H groups in total. The van der Waals surface area contributed by atoms with E-state index in [0.717, 1.165) is 16.7 Å². The van der Waals surface area contributed by atoms with Crippen LogP contribution in [-0.4, -0.2) is 43.1 Å². The predicted molar refractivity (Wildman–Crippen MR) is 146 cm³/mol. The SMILES string of the molecule is Cc1ccc(S(=O)(=O)N2Cc3ccccc3C[C@H]2C(=O)Nc2ccc(S(=O)(=O)Nc3ncccn3)cc2)cc1. The van der Waals surface area contributed by atoms with Gasteiger partial charge in [0.05, 0.1) is 9.79 Å². The van der Waals surface area contributed by atoms with E-state index in [1.807, 2.05) is 31.2 Å². The highest BCUT2D eigenvalue weighted by Gasteiger charge is 2.39. The van der Waals surface area contributed by atoms with Gasteiger partial charge in [-0.15, -0.1) is 0 Å². The van der Waals surface area contributed by atoms with Gasteiger partial charge >= 0.3 is 0 Å². The molecule has 0 unspecified atom stereocenters. The Morgan fingerprint density at radius 3 is 2.10 bits per heavy atom. The first-order valence-corrected chi connectivity index (χ1v) is 14.9. The minimum absolute atomic E-state index is 0.0505. The maximum absolute atomic E-state index is 13.6. The van der Waals surface area contributed by atoms with E-state index in [-0.39, 0.29) is 28.7 Å². The largest absolute Gasteiger partial charge is 0.325 e. The normalized spacial score (nSPS) is 15.8. The van der Waals surface area contributed by atoms with Gasteiger partial charge in [-0.05, 0) is 66.9 Å². The predicted octanol–water partition coefficient (Wildman–Crippen LogP) is 3.34. The molecule has 0 aliphatic carbocycles. The summed E-state index contributed by atoms with van der Waals surface area (Å²) in [6, 6.07) is 20.0. The number of sulfonamides is 2. The summed E-state index contributed by atoms with van der Waals surface area (Å²) in [5.74, 6) is -0.589. The quantitative estimate of drug-likeness (QED) is 0.352. The van der Waals surface area contributed by atoms with Crippen LogP contribution >= 0.6 is 0 Å². The molecule has 0 bridgehead atoms. The molecule has 2 heterocycles. The minimum Gasteiger partial charge on any atom is -0.325 e. The van der Waals surface area contributed by atoms with E-state index >= 15 is 0 Å². The van der Waals surface area contributed by atoms with Crippen LogP contribution in [0.2, 0.25) is 0 Å². The molecule has 39 heavy (non-hydrogen) atoms. The average molecular weight is 564 g/mol. The van der Waals surface area contributed by atoms with Gasteiger partial charge in [0.15, 0.2) is 0 Å². The molecule has 1 atom stereocenters. The van der Waals surface area contributed by atoms with Gasteiger partial charge in [0, 0.05) is 24.6 Å². The zero-order valence-corrected chi connectivity index (χ0v) is 22.5. The van der Waals surface area contributed by atoms with Gasteiger partial charge in [0.25, 0.3) is 10.0 Å². The third-order valence-corrected chi connectivity index (χ3v) is 9.57. The Labute approximate surface area is 226 Å². The molecule has 4 aromatic rings. The number of aromatic nitrogens is 2. The van der Waals surface area contributed by atoms with Gasteiger partial charge in [-0.3, -0.25) is 4.79 Å². The number of amides is 1. The summed E-state index contributed by atoms with van der Waals surface area (Å²) >= 11 is 0. The summed E-state index contributed by atoms with van der Waals surface area (Å²) in [5, 5.41) is 2.75. The third-order valence-electron chi connectivity index (χ3n) is 6.36. The van der Waals surface area contributed by atoms with E-state index in [2.05, 4.69) is 20.0 Å². The third kappa shape index (κ3) is 5.67. The second-order valence-electron chi connectivity index (χ2n) is 9.04. The molecule has 0 spiro atoms. The van der Waals surface area contributed by atoms with Crippen LogP contribution in [0.3, 0.4) is 0 Å². The first kappa shape index (κ1) is 26.5. The van der Waals surface area contributed by atoms with Crippen LogP contribution in [0.1, 0.15) is 16.7 Å². The second kappa shape index (κ2) is 10.6. The Kier molecular flexibility index (Phi) is 7.17. The van der Waals surface area contributed by atoms with Gasteiger partial charge in [-0.1, -0.05) is 42.0 Å². The lowest BCUT2D eigenvalue weighted by atomic mass is 9.95. The second-order valence-corrected chi connectivity index (χ2v) is 12.6. The molecular weight excluding hydrogens is 538 g/mol. The highest BCUT2D eigenvalue weighted by atomic mass is 32.2. The van der Waals surface area contributed by atoms with Crippen molar-refractivity contribution in [1.82, 2.24) is 14.3 Å². The van der Waals surface area contributed by atoms with Crippen molar-refractivity contribution in [2.45, 2.75) is 35.7 Å². The number of nitrogens with zero attached hydrogens (tertiary/aromatic N) is 3. The van der Waals surface area contributed by atoms with E-state index in [1.54, 1.807) is 18.2 Å². The zero-order valence-electron chi connectivity index (χ0n) is 20.9. The van der Waals surface area contributed by atoms with Crippen molar-refractivity contribution in [3.63, 3.8) is 0 Å². The number of fused-ring (bicyclic) bond motifs is 1. The number of hydrogen-bond acceptors (Lipinski definition) is 7. The average Bonchev–Trinajstić information content (AvgIpc) is 2.93. The Hall–Kier alpha value is -4.13.